The molecule has 0 unspecified atom stereocenters. The molecule has 3 aromatic heterocycles. The first-order valence-corrected chi connectivity index (χ1v) is 9.23. The van der Waals surface area contributed by atoms with Gasteiger partial charge in [0.15, 0.2) is 16.5 Å². The smallest absolute Gasteiger partial charge is 0.274 e. The van der Waals surface area contributed by atoms with Crippen LogP contribution in [0.1, 0.15) is 11.3 Å². The number of phenols is 1. The van der Waals surface area contributed by atoms with Gasteiger partial charge in [0, 0.05) is 23.7 Å². The number of pyridine rings is 1. The van der Waals surface area contributed by atoms with E-state index in [2.05, 4.69) is 9.97 Å². The molecule has 0 aliphatic rings. The van der Waals surface area contributed by atoms with E-state index in [4.69, 9.17) is 9.47 Å². The maximum atomic E-state index is 12.8. The Balaban J connectivity index is 1.81. The lowest BCUT2D eigenvalue weighted by Gasteiger charge is -2.09. The Bertz CT molecular complexity index is 1270. The first-order chi connectivity index (χ1) is 13.5. The molecule has 0 saturated carbocycles. The molecule has 4 rings (SSSR count). The number of benzene rings is 1. The molecule has 4 aromatic rings. The second-order valence-electron chi connectivity index (χ2n) is 6.15. The van der Waals surface area contributed by atoms with Crippen LogP contribution in [0.5, 0.6) is 17.2 Å². The number of phenolic OH excluding ortho intramolecular Hbond substituents is 1. The summed E-state index contributed by atoms with van der Waals surface area (Å²) in [6, 6.07) is 7.08. The van der Waals surface area contributed by atoms with Crippen LogP contribution in [0.4, 0.5) is 0 Å². The van der Waals surface area contributed by atoms with E-state index in [1.165, 1.54) is 30.0 Å². The van der Waals surface area contributed by atoms with Gasteiger partial charge in [-0.25, -0.2) is 4.98 Å². The van der Waals surface area contributed by atoms with Crippen LogP contribution in [-0.2, 0) is 0 Å². The highest BCUT2D eigenvalue weighted by Gasteiger charge is 2.13. The molecule has 0 radical (unpaired) electrons. The number of methoxy groups -OCH3 is 2. The van der Waals surface area contributed by atoms with Gasteiger partial charge >= 0.3 is 0 Å². The number of hydrogen-bond acceptors (Lipinski definition) is 7. The molecule has 142 valence electrons. The summed E-state index contributed by atoms with van der Waals surface area (Å²) in [6.07, 6.45) is 5.18. The molecule has 7 nitrogen and oxygen atoms in total. The maximum Gasteiger partial charge on any atom is 0.274 e. The SMILES string of the molecule is COc1cc(/C=c2\sc3nc(-c4ccnc(C)c4)cn3c2=O)cc(OC)c1O. The zero-order valence-electron chi connectivity index (χ0n) is 15.5. The predicted molar refractivity (Wildman–Crippen MR) is 107 cm³/mol. The second-order valence-corrected chi connectivity index (χ2v) is 7.16. The van der Waals surface area contributed by atoms with Crippen LogP contribution in [0.3, 0.4) is 0 Å². The van der Waals surface area contributed by atoms with Gasteiger partial charge in [0.1, 0.15) is 0 Å². The molecule has 1 N–H and O–H groups in total. The minimum absolute atomic E-state index is 0.0808. The third kappa shape index (κ3) is 3.07. The van der Waals surface area contributed by atoms with Crippen molar-refractivity contribution in [3.63, 3.8) is 0 Å². The lowest BCUT2D eigenvalue weighted by molar-refractivity contribution is 0.340. The minimum Gasteiger partial charge on any atom is -0.502 e. The summed E-state index contributed by atoms with van der Waals surface area (Å²) >= 11 is 1.29. The molecule has 3 heterocycles. The molecule has 0 aliphatic carbocycles. The standard InChI is InChI=1S/C20H17N3O4S/c1-11-6-13(4-5-21-11)14-10-23-19(25)17(28-20(23)22-14)9-12-7-15(26-2)18(24)16(8-12)27-3/h4-10,24H,1-3H3/b17-9-. The van der Waals surface area contributed by atoms with Crippen LogP contribution in [0.25, 0.3) is 22.3 Å². The van der Waals surface area contributed by atoms with Gasteiger partial charge in [-0.05, 0) is 42.8 Å². The van der Waals surface area contributed by atoms with Gasteiger partial charge < -0.3 is 14.6 Å². The molecule has 0 bridgehead atoms. The summed E-state index contributed by atoms with van der Waals surface area (Å²) in [4.78, 5) is 22.2. The van der Waals surface area contributed by atoms with E-state index in [9.17, 15) is 9.90 Å². The minimum atomic E-state index is -0.157. The van der Waals surface area contributed by atoms with Crippen molar-refractivity contribution in [3.8, 4) is 28.5 Å². The Morgan fingerprint density at radius 3 is 2.50 bits per heavy atom. The third-order valence-corrected chi connectivity index (χ3v) is 5.28. The Morgan fingerprint density at radius 2 is 1.89 bits per heavy atom. The topological polar surface area (TPSA) is 86.0 Å². The van der Waals surface area contributed by atoms with Gasteiger partial charge in [0.25, 0.3) is 5.56 Å². The van der Waals surface area contributed by atoms with Crippen molar-refractivity contribution in [1.29, 1.82) is 0 Å². The van der Waals surface area contributed by atoms with E-state index in [1.807, 2.05) is 19.1 Å². The van der Waals surface area contributed by atoms with E-state index in [1.54, 1.807) is 30.6 Å². The molecule has 0 fully saturated rings. The average molecular weight is 395 g/mol. The number of ether oxygens (including phenoxy) is 2. The number of fused-ring (bicyclic) bond motifs is 1. The van der Waals surface area contributed by atoms with E-state index < -0.39 is 0 Å². The monoisotopic (exact) mass is 395 g/mol. The fourth-order valence-corrected chi connectivity index (χ4v) is 3.88. The fraction of sp³-hybridized carbons (Fsp3) is 0.150. The number of thiazole rings is 1. The van der Waals surface area contributed by atoms with Crippen molar-refractivity contribution >= 4 is 22.4 Å². The Labute approximate surface area is 164 Å². The van der Waals surface area contributed by atoms with Crippen molar-refractivity contribution in [1.82, 2.24) is 14.4 Å². The van der Waals surface area contributed by atoms with Crippen molar-refractivity contribution < 1.29 is 14.6 Å². The first-order valence-electron chi connectivity index (χ1n) is 8.42. The van der Waals surface area contributed by atoms with Gasteiger partial charge in [-0.2, -0.15) is 0 Å². The molecule has 0 saturated heterocycles. The summed E-state index contributed by atoms with van der Waals surface area (Å²) in [5.41, 5.74) is 3.06. The largest absolute Gasteiger partial charge is 0.502 e. The number of aromatic nitrogens is 3. The van der Waals surface area contributed by atoms with Crippen LogP contribution in [0.15, 0.2) is 41.5 Å². The maximum absolute atomic E-state index is 12.8. The predicted octanol–water partition coefficient (Wildman–Crippen LogP) is 2.40. The van der Waals surface area contributed by atoms with Gasteiger partial charge in [-0.15, -0.1) is 0 Å². The average Bonchev–Trinajstić information content (AvgIpc) is 3.23. The van der Waals surface area contributed by atoms with E-state index in [0.717, 1.165) is 17.0 Å². The number of rotatable bonds is 4. The van der Waals surface area contributed by atoms with Gasteiger partial charge in [-0.3, -0.25) is 14.2 Å². The van der Waals surface area contributed by atoms with Crippen LogP contribution in [-0.4, -0.2) is 33.7 Å². The number of nitrogens with zero attached hydrogens (tertiary/aromatic N) is 3. The summed E-state index contributed by atoms with van der Waals surface area (Å²) in [5.74, 6) is 0.465. The molecule has 0 spiro atoms. The second kappa shape index (κ2) is 6.97. The Hall–Kier alpha value is -3.39. The normalized spacial score (nSPS) is 11.9. The molecule has 1 aromatic carbocycles. The zero-order valence-corrected chi connectivity index (χ0v) is 16.3. The van der Waals surface area contributed by atoms with Crippen molar-refractivity contribution in [2.75, 3.05) is 14.2 Å². The third-order valence-electron chi connectivity index (χ3n) is 4.30. The molecule has 28 heavy (non-hydrogen) atoms. The Kier molecular flexibility index (Phi) is 4.48. The van der Waals surface area contributed by atoms with Gasteiger partial charge in [-0.1, -0.05) is 11.3 Å². The van der Waals surface area contributed by atoms with Crippen molar-refractivity contribution in [2.24, 2.45) is 0 Å². The molecular weight excluding hydrogens is 378 g/mol. The van der Waals surface area contributed by atoms with Crippen molar-refractivity contribution in [2.45, 2.75) is 6.92 Å². The number of aromatic hydroxyl groups is 1. The Morgan fingerprint density at radius 1 is 1.18 bits per heavy atom. The van der Waals surface area contributed by atoms with Crippen LogP contribution >= 0.6 is 11.3 Å². The molecule has 0 atom stereocenters. The van der Waals surface area contributed by atoms with Crippen LogP contribution in [0.2, 0.25) is 0 Å². The quantitative estimate of drug-likeness (QED) is 0.571. The van der Waals surface area contributed by atoms with Gasteiger partial charge in [0.05, 0.1) is 24.4 Å². The highest BCUT2D eigenvalue weighted by atomic mass is 32.1. The molecule has 0 amide bonds. The van der Waals surface area contributed by atoms with E-state index in [-0.39, 0.29) is 22.8 Å². The van der Waals surface area contributed by atoms with E-state index in [0.29, 0.717) is 15.1 Å². The summed E-state index contributed by atoms with van der Waals surface area (Å²) in [6.45, 7) is 1.91. The zero-order chi connectivity index (χ0) is 19.8. The lowest BCUT2D eigenvalue weighted by Crippen LogP contribution is -2.22. The van der Waals surface area contributed by atoms with Gasteiger partial charge in [0.2, 0.25) is 5.75 Å². The highest BCUT2D eigenvalue weighted by Crippen LogP contribution is 2.37. The lowest BCUT2D eigenvalue weighted by atomic mass is 10.1. The summed E-state index contributed by atoms with van der Waals surface area (Å²) in [5, 5.41) is 10.0. The van der Waals surface area contributed by atoms with E-state index >= 15 is 0 Å². The van der Waals surface area contributed by atoms with Crippen molar-refractivity contribution in [3.05, 3.63) is 62.8 Å². The molecule has 0 aliphatic heterocycles. The summed E-state index contributed by atoms with van der Waals surface area (Å²) in [7, 11) is 2.91. The van der Waals surface area contributed by atoms with Crippen LogP contribution < -0.4 is 19.6 Å². The van der Waals surface area contributed by atoms with Crippen LogP contribution in [0, 0.1) is 6.92 Å². The highest BCUT2D eigenvalue weighted by molar-refractivity contribution is 7.15. The summed E-state index contributed by atoms with van der Waals surface area (Å²) < 4.78 is 12.4. The number of imidazole rings is 1. The first kappa shape index (κ1) is 18.0. The number of hydrogen-bond donors (Lipinski definition) is 1. The number of aryl methyl sites for hydroxylation is 1. The molecule has 8 heteroatoms. The fourth-order valence-electron chi connectivity index (χ4n) is 2.93. The molecular formula is C20H17N3O4S.